The molecule has 1 fully saturated rings. The molecule has 1 atom stereocenters. The summed E-state index contributed by atoms with van der Waals surface area (Å²) in [4.78, 5) is 14.8. The van der Waals surface area contributed by atoms with Crippen molar-refractivity contribution in [3.8, 4) is 0 Å². The van der Waals surface area contributed by atoms with Crippen molar-refractivity contribution in [3.63, 3.8) is 0 Å². The van der Waals surface area contributed by atoms with Crippen molar-refractivity contribution in [2.24, 2.45) is 7.05 Å². The molecular weight excluding hydrogens is 340 g/mol. The number of nitrogens with zero attached hydrogens (tertiary/aromatic N) is 3. The molecule has 27 heavy (non-hydrogen) atoms. The average Bonchev–Trinajstić information content (AvgIpc) is 3.01. The zero-order valence-electron chi connectivity index (χ0n) is 16.3. The van der Waals surface area contributed by atoms with Gasteiger partial charge in [-0.05, 0) is 25.3 Å². The molecule has 146 valence electrons. The Morgan fingerprint density at radius 2 is 2.00 bits per heavy atom. The number of amides is 1. The van der Waals surface area contributed by atoms with Crippen molar-refractivity contribution in [2.45, 2.75) is 51.2 Å². The van der Waals surface area contributed by atoms with Gasteiger partial charge in [-0.15, -0.1) is 0 Å². The van der Waals surface area contributed by atoms with Gasteiger partial charge in [0.15, 0.2) is 0 Å². The van der Waals surface area contributed by atoms with E-state index in [4.69, 9.17) is 0 Å². The highest BCUT2D eigenvalue weighted by molar-refractivity contribution is 5.92. The predicted octanol–water partition coefficient (Wildman–Crippen LogP) is 3.04. The third-order valence-corrected chi connectivity index (χ3v) is 5.54. The van der Waals surface area contributed by atoms with Crippen LogP contribution in [-0.4, -0.2) is 44.8 Å². The molecule has 1 aliphatic rings. The first kappa shape index (κ1) is 19.6. The van der Waals surface area contributed by atoms with E-state index in [1.165, 1.54) is 19.3 Å². The lowest BCUT2D eigenvalue weighted by Crippen LogP contribution is -2.44. The van der Waals surface area contributed by atoms with E-state index in [2.05, 4.69) is 15.3 Å². The maximum Gasteiger partial charge on any atom is 0.238 e. The van der Waals surface area contributed by atoms with Crippen LogP contribution in [0, 0.1) is 6.92 Å². The van der Waals surface area contributed by atoms with Crippen LogP contribution < -0.4 is 5.32 Å². The van der Waals surface area contributed by atoms with Crippen molar-refractivity contribution in [1.82, 2.24) is 14.7 Å². The zero-order valence-corrected chi connectivity index (χ0v) is 16.3. The first-order valence-corrected chi connectivity index (χ1v) is 9.80. The van der Waals surface area contributed by atoms with E-state index in [0.29, 0.717) is 12.6 Å². The summed E-state index contributed by atoms with van der Waals surface area (Å²) in [5, 5.41) is 17.8. The minimum Gasteiger partial charge on any atom is -0.387 e. The van der Waals surface area contributed by atoms with Crippen molar-refractivity contribution < 1.29 is 9.90 Å². The Morgan fingerprint density at radius 3 is 2.63 bits per heavy atom. The summed E-state index contributed by atoms with van der Waals surface area (Å²) in [6.45, 7) is 2.68. The van der Waals surface area contributed by atoms with Gasteiger partial charge in [0.25, 0.3) is 0 Å². The lowest BCUT2D eigenvalue weighted by molar-refractivity contribution is -0.118. The fourth-order valence-electron chi connectivity index (χ4n) is 3.79. The molecule has 1 saturated carbocycles. The largest absolute Gasteiger partial charge is 0.387 e. The average molecular weight is 370 g/mol. The van der Waals surface area contributed by atoms with Gasteiger partial charge in [-0.25, -0.2) is 0 Å². The number of rotatable bonds is 7. The van der Waals surface area contributed by atoms with Crippen LogP contribution in [0.3, 0.4) is 0 Å². The summed E-state index contributed by atoms with van der Waals surface area (Å²) in [6, 6.07) is 10.0. The van der Waals surface area contributed by atoms with Crippen LogP contribution >= 0.6 is 0 Å². The number of carbonyl (C=O) groups excluding carboxylic acids is 1. The van der Waals surface area contributed by atoms with E-state index in [9.17, 15) is 9.90 Å². The molecule has 1 aliphatic carbocycles. The fourth-order valence-corrected chi connectivity index (χ4v) is 3.79. The van der Waals surface area contributed by atoms with Gasteiger partial charge in [0.1, 0.15) is 0 Å². The number of aryl methyl sites for hydroxylation is 1. The third-order valence-electron chi connectivity index (χ3n) is 5.54. The Kier molecular flexibility index (Phi) is 6.63. The second kappa shape index (κ2) is 9.15. The van der Waals surface area contributed by atoms with Crippen molar-refractivity contribution in [3.05, 3.63) is 47.8 Å². The number of anilines is 1. The monoisotopic (exact) mass is 370 g/mol. The molecule has 6 nitrogen and oxygen atoms in total. The van der Waals surface area contributed by atoms with Crippen LogP contribution in [0.2, 0.25) is 0 Å². The normalized spacial score (nSPS) is 16.4. The third kappa shape index (κ3) is 5.17. The number of nitrogens with one attached hydrogen (secondary N) is 1. The quantitative estimate of drug-likeness (QED) is 0.786. The molecule has 1 aromatic carbocycles. The number of aliphatic hydroxyl groups is 1. The van der Waals surface area contributed by atoms with Gasteiger partial charge in [0.05, 0.1) is 30.2 Å². The second-order valence-electron chi connectivity index (χ2n) is 7.46. The zero-order chi connectivity index (χ0) is 19.2. The van der Waals surface area contributed by atoms with E-state index in [1.807, 2.05) is 44.3 Å². The highest BCUT2D eigenvalue weighted by atomic mass is 16.3. The topological polar surface area (TPSA) is 70.4 Å². The van der Waals surface area contributed by atoms with Crippen LogP contribution in [0.25, 0.3) is 0 Å². The molecular formula is C21H30N4O2. The number of hydrogen-bond acceptors (Lipinski definition) is 4. The standard InChI is InChI=1S/C21H30N4O2/c1-16-19(13-22-24(16)2)23-21(27)15-25(18-11-7-4-8-12-18)14-20(26)17-9-5-3-6-10-17/h3,5-6,9-10,13,18,20,26H,4,7-8,11-12,14-15H2,1-2H3,(H,23,27)/t20-/m1/s1. The van der Waals surface area contributed by atoms with Gasteiger partial charge in [0.2, 0.25) is 5.91 Å². The summed E-state index contributed by atoms with van der Waals surface area (Å²) >= 11 is 0. The molecule has 2 aromatic rings. The Hall–Kier alpha value is -2.18. The van der Waals surface area contributed by atoms with E-state index in [1.54, 1.807) is 10.9 Å². The Balaban J connectivity index is 1.67. The molecule has 0 saturated heterocycles. The predicted molar refractivity (Wildman–Crippen MR) is 106 cm³/mol. The van der Waals surface area contributed by atoms with Crippen LogP contribution in [0.5, 0.6) is 0 Å². The minimum atomic E-state index is -0.596. The van der Waals surface area contributed by atoms with Crippen LogP contribution in [0.4, 0.5) is 5.69 Å². The molecule has 3 rings (SSSR count). The Labute approximate surface area is 161 Å². The molecule has 6 heteroatoms. The molecule has 0 spiro atoms. The number of aromatic nitrogens is 2. The van der Waals surface area contributed by atoms with Gasteiger partial charge in [-0.2, -0.15) is 5.10 Å². The van der Waals surface area contributed by atoms with Crippen LogP contribution in [0.1, 0.15) is 49.5 Å². The van der Waals surface area contributed by atoms with Gasteiger partial charge < -0.3 is 10.4 Å². The maximum absolute atomic E-state index is 12.7. The molecule has 0 unspecified atom stereocenters. The van der Waals surface area contributed by atoms with E-state index in [-0.39, 0.29) is 12.5 Å². The Morgan fingerprint density at radius 1 is 1.30 bits per heavy atom. The first-order valence-electron chi connectivity index (χ1n) is 9.80. The molecule has 0 radical (unpaired) electrons. The van der Waals surface area contributed by atoms with Crippen molar-refractivity contribution >= 4 is 11.6 Å². The van der Waals surface area contributed by atoms with Crippen molar-refractivity contribution in [1.29, 1.82) is 0 Å². The van der Waals surface area contributed by atoms with Crippen LogP contribution in [-0.2, 0) is 11.8 Å². The summed E-state index contributed by atoms with van der Waals surface area (Å²) < 4.78 is 1.74. The summed E-state index contributed by atoms with van der Waals surface area (Å²) in [6.07, 6.45) is 6.88. The molecule has 0 bridgehead atoms. The number of benzene rings is 1. The lowest BCUT2D eigenvalue weighted by Gasteiger charge is -2.35. The van der Waals surface area contributed by atoms with Gasteiger partial charge >= 0.3 is 0 Å². The highest BCUT2D eigenvalue weighted by Gasteiger charge is 2.26. The number of carbonyl (C=O) groups is 1. The van der Waals surface area contributed by atoms with Crippen LogP contribution in [0.15, 0.2) is 36.5 Å². The lowest BCUT2D eigenvalue weighted by atomic mass is 9.93. The summed E-state index contributed by atoms with van der Waals surface area (Å²) in [5.41, 5.74) is 2.56. The van der Waals surface area contributed by atoms with Gasteiger partial charge in [-0.1, -0.05) is 49.6 Å². The fraction of sp³-hybridized carbons (Fsp3) is 0.524. The first-order chi connectivity index (χ1) is 13.0. The molecule has 1 aromatic heterocycles. The number of hydrogen-bond donors (Lipinski definition) is 2. The Bertz CT molecular complexity index is 738. The van der Waals surface area contributed by atoms with E-state index in [0.717, 1.165) is 29.8 Å². The molecule has 1 heterocycles. The highest BCUT2D eigenvalue weighted by Crippen LogP contribution is 2.25. The molecule has 2 N–H and O–H groups in total. The smallest absolute Gasteiger partial charge is 0.238 e. The minimum absolute atomic E-state index is 0.0584. The van der Waals surface area contributed by atoms with Gasteiger partial charge in [-0.3, -0.25) is 14.4 Å². The van der Waals surface area contributed by atoms with E-state index < -0.39 is 6.10 Å². The summed E-state index contributed by atoms with van der Waals surface area (Å²) in [7, 11) is 1.86. The van der Waals surface area contributed by atoms with Crippen molar-refractivity contribution in [2.75, 3.05) is 18.4 Å². The molecule has 1 amide bonds. The maximum atomic E-state index is 12.7. The second-order valence-corrected chi connectivity index (χ2v) is 7.46. The molecule has 0 aliphatic heterocycles. The SMILES string of the molecule is Cc1c(NC(=O)CN(C[C@@H](O)c2ccccc2)C2CCCCC2)cnn1C. The van der Waals surface area contributed by atoms with Gasteiger partial charge in [0, 0.05) is 19.6 Å². The summed E-state index contributed by atoms with van der Waals surface area (Å²) in [5.74, 6) is -0.0584. The number of aliphatic hydroxyl groups excluding tert-OH is 1. The van der Waals surface area contributed by atoms with E-state index >= 15 is 0 Å².